The van der Waals surface area contributed by atoms with Gasteiger partial charge >= 0.3 is 0 Å². The average Bonchev–Trinajstić information content (AvgIpc) is 3.03. The summed E-state index contributed by atoms with van der Waals surface area (Å²) in [6.07, 6.45) is 8.67. The van der Waals surface area contributed by atoms with Gasteiger partial charge in [-0.3, -0.25) is 14.2 Å². The fraction of sp³-hybridized carbons (Fsp3) is 0.618. The fourth-order valence-corrected chi connectivity index (χ4v) is 6.73. The number of anilines is 2. The second-order valence-electron chi connectivity index (χ2n) is 14.7. The lowest BCUT2D eigenvalue weighted by molar-refractivity contribution is -0.114. The second-order valence-corrected chi connectivity index (χ2v) is 26.7. The first kappa shape index (κ1) is 46.7. The lowest BCUT2D eigenvalue weighted by Crippen LogP contribution is -2.41. The number of rotatable bonds is 12. The van der Waals surface area contributed by atoms with E-state index in [-0.39, 0.29) is 27.9 Å². The van der Waals surface area contributed by atoms with E-state index in [9.17, 15) is 9.59 Å². The van der Waals surface area contributed by atoms with Crippen LogP contribution in [0.3, 0.4) is 0 Å². The third-order valence-corrected chi connectivity index (χ3v) is 19.5. The lowest BCUT2D eigenvalue weighted by atomic mass is 10.2. The van der Waals surface area contributed by atoms with E-state index in [0.29, 0.717) is 45.2 Å². The highest BCUT2D eigenvalue weighted by Crippen LogP contribution is 2.37. The van der Waals surface area contributed by atoms with E-state index >= 15 is 0 Å². The van der Waals surface area contributed by atoms with Crippen LogP contribution in [0.25, 0.3) is 11.0 Å². The Morgan fingerprint density at radius 1 is 0.961 bits per heavy atom. The molecule has 17 heteroatoms. The second kappa shape index (κ2) is 20.8. The van der Waals surface area contributed by atoms with Gasteiger partial charge in [-0.2, -0.15) is 5.26 Å². The predicted molar refractivity (Wildman–Crippen MR) is 222 cm³/mol. The molecule has 0 aliphatic rings. The van der Waals surface area contributed by atoms with Crippen LogP contribution in [-0.2, 0) is 20.2 Å². The highest BCUT2D eigenvalue weighted by atomic mass is 79.9. The molecule has 0 radical (unpaired) electrons. The van der Waals surface area contributed by atoms with Crippen molar-refractivity contribution in [2.24, 2.45) is 0 Å². The van der Waals surface area contributed by atoms with Crippen molar-refractivity contribution in [1.29, 1.82) is 5.26 Å². The Kier molecular flexibility index (Phi) is 19.0. The molecule has 0 bridgehead atoms. The minimum atomic E-state index is -1.77. The number of pyridine rings is 1. The summed E-state index contributed by atoms with van der Waals surface area (Å²) in [5.41, 5.74) is 7.10. The van der Waals surface area contributed by atoms with Crippen molar-refractivity contribution in [3.05, 3.63) is 34.4 Å². The predicted octanol–water partition coefficient (Wildman–Crippen LogP) is 8.33. The molecular weight excluding hydrogens is 785 g/mol. The van der Waals surface area contributed by atoms with Gasteiger partial charge in [0.25, 0.3) is 5.56 Å². The number of halogens is 1. The van der Waals surface area contributed by atoms with Crippen molar-refractivity contribution in [3.63, 3.8) is 0 Å². The zero-order chi connectivity index (χ0) is 39.2. The number of thioether (sulfide) groups is 2. The molecule has 0 aliphatic heterocycles. The normalized spacial score (nSPS) is 11.9. The van der Waals surface area contributed by atoms with Crippen LogP contribution in [-0.4, -0.2) is 78.1 Å². The molecule has 0 saturated carbocycles. The number of nitrogens with one attached hydrogen (secondary N) is 1. The first-order valence-corrected chi connectivity index (χ1v) is 26.1. The summed E-state index contributed by atoms with van der Waals surface area (Å²) >= 11 is 6.19. The Labute approximate surface area is 323 Å². The standard InChI is InChI=1S/C17H28N4O2SSi.C9H21BrOSi.C8H8N4OS/c1-17(2,3)25(5,6)23-9-7-8-21-14(22)10-13(18)12-11-19-16(24-4)20-15(12)21;1-9(2,3)12(4,5)11-8-6-7-10;1-5(13)11-7-6(3-9)4-10-8(12-7)14-2/h10-11H,7-9,18H2,1-6H3;6-8H2,1-5H3;4H,1-2H3,(H,10,11,12,13). The van der Waals surface area contributed by atoms with Crippen LogP contribution < -0.4 is 16.6 Å². The topological polar surface area (TPSA) is 171 Å². The SMILES string of the molecule is CC(C)(C)[Si](C)(C)OCCCBr.CSc1ncc(C#N)c(NC(C)=O)n1.CSc1ncc2c(N)cc(=O)n(CCCO[Si](C)(C)C(C)(C)C)c2n1. The zero-order valence-corrected chi connectivity index (χ0v) is 37.8. The Hall–Kier alpha value is -2.34. The maximum Gasteiger partial charge on any atom is 0.254 e. The van der Waals surface area contributed by atoms with Crippen molar-refractivity contribution in [1.82, 2.24) is 24.5 Å². The van der Waals surface area contributed by atoms with Crippen LogP contribution in [0.1, 0.15) is 66.9 Å². The van der Waals surface area contributed by atoms with Gasteiger partial charge in [0, 0.05) is 50.0 Å². The third-order valence-electron chi connectivity index (χ3n) is 8.75. The first-order valence-electron chi connectivity index (χ1n) is 16.7. The molecule has 3 aromatic rings. The highest BCUT2D eigenvalue weighted by molar-refractivity contribution is 9.09. The van der Waals surface area contributed by atoms with Gasteiger partial charge in [0.1, 0.15) is 17.3 Å². The van der Waals surface area contributed by atoms with Crippen molar-refractivity contribution in [3.8, 4) is 6.07 Å². The number of hydrogen-bond donors (Lipinski definition) is 2. The molecule has 3 N–H and O–H groups in total. The summed E-state index contributed by atoms with van der Waals surface area (Å²) < 4.78 is 13.8. The number of carbonyl (C=O) groups is 1. The number of nitriles is 1. The molecular formula is C34H57BrN8O4S2Si2. The van der Waals surface area contributed by atoms with E-state index in [1.165, 1.54) is 42.7 Å². The molecule has 0 aromatic carbocycles. The Balaban J connectivity index is 0.000000423. The highest BCUT2D eigenvalue weighted by Gasteiger charge is 2.37. The number of nitrogens with two attached hydrogens (primary N) is 1. The first-order chi connectivity index (χ1) is 23.5. The summed E-state index contributed by atoms with van der Waals surface area (Å²) in [5, 5.41) is 14.6. The van der Waals surface area contributed by atoms with Gasteiger partial charge in [-0.1, -0.05) is 81.0 Å². The minimum Gasteiger partial charge on any atom is -0.417 e. The maximum absolute atomic E-state index is 12.4. The van der Waals surface area contributed by atoms with Crippen molar-refractivity contribution < 1.29 is 13.6 Å². The van der Waals surface area contributed by atoms with E-state index in [2.05, 4.69) is 109 Å². The maximum atomic E-state index is 12.4. The number of carbonyl (C=O) groups excluding carboxylic acids is 1. The molecule has 0 atom stereocenters. The summed E-state index contributed by atoms with van der Waals surface area (Å²) in [4.78, 5) is 39.8. The van der Waals surface area contributed by atoms with E-state index < -0.39 is 16.6 Å². The fourth-order valence-electron chi connectivity index (χ4n) is 3.65. The number of aromatic nitrogens is 5. The van der Waals surface area contributed by atoms with Crippen LogP contribution in [0, 0.1) is 11.3 Å². The van der Waals surface area contributed by atoms with Gasteiger partial charge in [0.05, 0.1) is 11.6 Å². The summed E-state index contributed by atoms with van der Waals surface area (Å²) in [6, 6.07) is 3.35. The molecule has 0 unspecified atom stereocenters. The van der Waals surface area contributed by atoms with Gasteiger partial charge in [0.15, 0.2) is 32.8 Å². The van der Waals surface area contributed by atoms with E-state index in [1.54, 1.807) is 10.8 Å². The number of hydrogen-bond acceptors (Lipinski definition) is 12. The van der Waals surface area contributed by atoms with Crippen LogP contribution >= 0.6 is 39.5 Å². The number of nitrogens with zero attached hydrogens (tertiary/aromatic N) is 6. The molecule has 3 rings (SSSR count). The molecule has 3 aromatic heterocycles. The van der Waals surface area contributed by atoms with E-state index in [4.69, 9.17) is 19.8 Å². The van der Waals surface area contributed by atoms with Gasteiger partial charge in [-0.25, -0.2) is 19.9 Å². The smallest absolute Gasteiger partial charge is 0.254 e. The number of aryl methyl sites for hydroxylation is 1. The molecule has 0 saturated heterocycles. The molecule has 12 nitrogen and oxygen atoms in total. The van der Waals surface area contributed by atoms with Crippen LogP contribution in [0.4, 0.5) is 11.5 Å². The van der Waals surface area contributed by atoms with Crippen molar-refractivity contribution in [2.45, 2.75) is 114 Å². The molecule has 3 heterocycles. The average molecular weight is 842 g/mol. The minimum absolute atomic E-state index is 0.136. The molecule has 0 aliphatic carbocycles. The molecule has 284 valence electrons. The van der Waals surface area contributed by atoms with E-state index in [1.807, 2.05) is 18.6 Å². The van der Waals surface area contributed by atoms with Gasteiger partial charge in [-0.15, -0.1) is 0 Å². The largest absolute Gasteiger partial charge is 0.417 e. The molecule has 0 fully saturated rings. The Morgan fingerprint density at radius 3 is 1.94 bits per heavy atom. The van der Waals surface area contributed by atoms with Crippen LogP contribution in [0.15, 0.2) is 33.6 Å². The van der Waals surface area contributed by atoms with E-state index in [0.717, 1.165) is 24.8 Å². The van der Waals surface area contributed by atoms with Crippen molar-refractivity contribution >= 4 is 84.5 Å². The van der Waals surface area contributed by atoms with Gasteiger partial charge in [0.2, 0.25) is 5.91 Å². The molecule has 1 amide bonds. The van der Waals surface area contributed by atoms with Crippen LogP contribution in [0.2, 0.25) is 36.3 Å². The summed E-state index contributed by atoms with van der Waals surface area (Å²) in [7, 11) is -3.23. The van der Waals surface area contributed by atoms with Crippen LogP contribution in [0.5, 0.6) is 0 Å². The quantitative estimate of drug-likeness (QED) is 0.0589. The van der Waals surface area contributed by atoms with Gasteiger partial charge in [-0.05, 0) is 61.6 Å². The van der Waals surface area contributed by atoms with Gasteiger partial charge < -0.3 is 19.9 Å². The molecule has 0 spiro atoms. The Morgan fingerprint density at radius 2 is 1.47 bits per heavy atom. The lowest BCUT2D eigenvalue weighted by Gasteiger charge is -2.36. The number of alkyl halides is 1. The number of fused-ring (bicyclic) bond motifs is 1. The third kappa shape index (κ3) is 14.9. The number of amides is 1. The summed E-state index contributed by atoms with van der Waals surface area (Å²) in [6.45, 7) is 26.0. The zero-order valence-electron chi connectivity index (χ0n) is 32.6. The Bertz CT molecular complexity index is 1690. The summed E-state index contributed by atoms with van der Waals surface area (Å²) in [5.74, 6) is 0.00611. The van der Waals surface area contributed by atoms with Crippen molar-refractivity contribution in [2.75, 3.05) is 42.1 Å². The number of nitrogen functional groups attached to an aromatic ring is 1. The monoisotopic (exact) mass is 840 g/mol. The molecule has 51 heavy (non-hydrogen) atoms.